The number of anilines is 1. The number of carbonyl (C=O) groups is 2. The van der Waals surface area contributed by atoms with Crippen LogP contribution in [-0.2, 0) is 4.79 Å². The van der Waals surface area contributed by atoms with Crippen molar-refractivity contribution in [2.24, 2.45) is 5.92 Å². The van der Waals surface area contributed by atoms with E-state index in [1.54, 1.807) is 21.7 Å². The normalized spacial score (nSPS) is 15.8. The number of piperidine rings is 1. The number of aromatic nitrogens is 4. The number of thiazole rings is 1. The van der Waals surface area contributed by atoms with Crippen LogP contribution >= 0.6 is 11.3 Å². The Bertz CT molecular complexity index is 1170. The van der Waals surface area contributed by atoms with Gasteiger partial charge in [-0.2, -0.15) is 13.9 Å². The first-order valence-electron chi connectivity index (χ1n) is 11.2. The number of hydrogen-bond donors (Lipinski definition) is 2. The van der Waals surface area contributed by atoms with Crippen LogP contribution in [0.25, 0.3) is 16.2 Å². The van der Waals surface area contributed by atoms with Gasteiger partial charge in [-0.05, 0) is 25.7 Å². The van der Waals surface area contributed by atoms with Gasteiger partial charge in [-0.15, -0.1) is 11.3 Å². The van der Waals surface area contributed by atoms with Crippen molar-refractivity contribution in [1.82, 2.24) is 29.8 Å². The number of nitrogens with one attached hydrogen (secondary N) is 2. The summed E-state index contributed by atoms with van der Waals surface area (Å²) in [6, 6.07) is 1.38. The molecule has 2 N–H and O–H groups in total. The molecule has 9 nitrogen and oxygen atoms in total. The first-order valence-corrected chi connectivity index (χ1v) is 12.1. The molecule has 182 valence electrons. The van der Waals surface area contributed by atoms with Crippen molar-refractivity contribution < 1.29 is 18.4 Å². The molecule has 1 atom stereocenters. The summed E-state index contributed by atoms with van der Waals surface area (Å²) in [4.78, 5) is 36.3. The topological polar surface area (TPSA) is 105 Å². The average Bonchev–Trinajstić information content (AvgIpc) is 3.43. The molecule has 0 spiro atoms. The molecular formula is C22H27F2N7O2S. The van der Waals surface area contributed by atoms with Crippen molar-refractivity contribution in [3.63, 3.8) is 0 Å². The standard InChI is InChI=1S/C22H27F2N7O2S/c1-12(2)13(3)26-17-10-16(28-19(29-17)15-11-25-31-8-9-34-22(15)31)21(33)30-6-4-14(5-7-30)27-20(32)18(23)24/h8-14,18H,4-7H2,1-3H3,(H,27,32)(H,26,28,29)/t13-/m1/s1. The zero-order valence-corrected chi connectivity index (χ0v) is 20.0. The molecule has 1 aliphatic heterocycles. The van der Waals surface area contributed by atoms with Crippen molar-refractivity contribution in [2.75, 3.05) is 18.4 Å². The van der Waals surface area contributed by atoms with Crippen LogP contribution in [0.1, 0.15) is 44.1 Å². The number of alkyl halides is 2. The third-order valence-electron chi connectivity index (χ3n) is 6.02. The van der Waals surface area contributed by atoms with E-state index in [2.05, 4.69) is 39.5 Å². The Hall–Kier alpha value is -3.15. The fourth-order valence-electron chi connectivity index (χ4n) is 3.68. The Kier molecular flexibility index (Phi) is 7.05. The molecule has 3 aromatic rings. The molecule has 0 bridgehead atoms. The third kappa shape index (κ3) is 5.16. The van der Waals surface area contributed by atoms with Crippen LogP contribution < -0.4 is 10.6 Å². The monoisotopic (exact) mass is 491 g/mol. The molecule has 0 saturated carbocycles. The van der Waals surface area contributed by atoms with Gasteiger partial charge >= 0.3 is 6.43 Å². The number of nitrogens with zero attached hydrogens (tertiary/aromatic N) is 5. The van der Waals surface area contributed by atoms with Gasteiger partial charge in [0.25, 0.3) is 11.8 Å². The molecule has 4 heterocycles. The van der Waals surface area contributed by atoms with Gasteiger partial charge in [0.1, 0.15) is 16.3 Å². The van der Waals surface area contributed by atoms with E-state index in [0.717, 1.165) is 10.4 Å². The maximum Gasteiger partial charge on any atom is 0.315 e. The summed E-state index contributed by atoms with van der Waals surface area (Å²) < 4.78 is 26.8. The van der Waals surface area contributed by atoms with Crippen molar-refractivity contribution in [1.29, 1.82) is 0 Å². The van der Waals surface area contributed by atoms with Crippen molar-refractivity contribution in [3.8, 4) is 11.4 Å². The molecule has 1 saturated heterocycles. The lowest BCUT2D eigenvalue weighted by Gasteiger charge is -2.32. The molecule has 12 heteroatoms. The summed E-state index contributed by atoms with van der Waals surface area (Å²) in [7, 11) is 0. The second-order valence-electron chi connectivity index (χ2n) is 8.73. The molecule has 0 unspecified atom stereocenters. The highest BCUT2D eigenvalue weighted by Gasteiger charge is 2.28. The van der Waals surface area contributed by atoms with Crippen LogP contribution in [0.15, 0.2) is 23.8 Å². The van der Waals surface area contributed by atoms with Gasteiger partial charge in [0, 0.05) is 42.8 Å². The number of likely N-dealkylation sites (tertiary alicyclic amines) is 1. The zero-order chi connectivity index (χ0) is 24.4. The molecule has 0 aromatic carbocycles. The SMILES string of the molecule is CC(C)[C@@H](C)Nc1cc(C(=O)N2CCC(NC(=O)C(F)F)CC2)nc(-c2cnn3ccsc23)n1. The molecule has 1 fully saturated rings. The Morgan fingerprint density at radius 3 is 2.59 bits per heavy atom. The fourth-order valence-corrected chi connectivity index (χ4v) is 4.48. The third-order valence-corrected chi connectivity index (χ3v) is 6.91. The van der Waals surface area contributed by atoms with Crippen molar-refractivity contribution >= 4 is 33.8 Å². The fraction of sp³-hybridized carbons (Fsp3) is 0.500. The lowest BCUT2D eigenvalue weighted by Crippen LogP contribution is -2.48. The van der Waals surface area contributed by atoms with E-state index < -0.39 is 12.3 Å². The summed E-state index contributed by atoms with van der Waals surface area (Å²) in [5, 5.41) is 11.9. The second-order valence-corrected chi connectivity index (χ2v) is 9.62. The maximum absolute atomic E-state index is 13.3. The van der Waals surface area contributed by atoms with Gasteiger partial charge in [0.05, 0.1) is 11.8 Å². The van der Waals surface area contributed by atoms with Gasteiger partial charge in [0.15, 0.2) is 5.82 Å². The summed E-state index contributed by atoms with van der Waals surface area (Å²) in [6.07, 6.45) is 1.28. The van der Waals surface area contributed by atoms with Gasteiger partial charge in [0.2, 0.25) is 0 Å². The van der Waals surface area contributed by atoms with E-state index >= 15 is 0 Å². The number of rotatable bonds is 7. The number of halogens is 2. The Labute approximate surface area is 199 Å². The molecule has 2 amide bonds. The van der Waals surface area contributed by atoms with E-state index in [-0.39, 0.29) is 23.7 Å². The average molecular weight is 492 g/mol. The van der Waals surface area contributed by atoms with E-state index in [4.69, 9.17) is 0 Å². The molecule has 3 aromatic heterocycles. The highest BCUT2D eigenvalue weighted by atomic mass is 32.1. The second kappa shape index (κ2) is 10.00. The highest BCUT2D eigenvalue weighted by molar-refractivity contribution is 7.16. The Morgan fingerprint density at radius 1 is 1.18 bits per heavy atom. The van der Waals surface area contributed by atoms with Crippen molar-refractivity contribution in [3.05, 3.63) is 29.5 Å². The minimum Gasteiger partial charge on any atom is -0.367 e. The van der Waals surface area contributed by atoms with Gasteiger partial charge in [-0.3, -0.25) is 9.59 Å². The summed E-state index contributed by atoms with van der Waals surface area (Å²) in [6.45, 7) is 6.90. The minimum atomic E-state index is -3.04. The summed E-state index contributed by atoms with van der Waals surface area (Å²) >= 11 is 1.51. The van der Waals surface area contributed by atoms with Gasteiger partial charge in [-0.1, -0.05) is 13.8 Å². The number of amides is 2. The molecular weight excluding hydrogens is 464 g/mol. The number of carbonyl (C=O) groups excluding carboxylic acids is 2. The predicted molar refractivity (Wildman–Crippen MR) is 125 cm³/mol. The van der Waals surface area contributed by atoms with Crippen LogP contribution in [0.2, 0.25) is 0 Å². The van der Waals surface area contributed by atoms with Crippen LogP contribution in [0.5, 0.6) is 0 Å². The molecule has 34 heavy (non-hydrogen) atoms. The van der Waals surface area contributed by atoms with Crippen LogP contribution in [0.4, 0.5) is 14.6 Å². The lowest BCUT2D eigenvalue weighted by atomic mass is 10.0. The highest BCUT2D eigenvalue weighted by Crippen LogP contribution is 2.27. The largest absolute Gasteiger partial charge is 0.367 e. The minimum absolute atomic E-state index is 0.119. The summed E-state index contributed by atoms with van der Waals surface area (Å²) in [5.74, 6) is -0.246. The van der Waals surface area contributed by atoms with Gasteiger partial charge in [-0.25, -0.2) is 14.5 Å². The molecule has 4 rings (SSSR count). The summed E-state index contributed by atoms with van der Waals surface area (Å²) in [5.41, 5.74) is 0.979. The van der Waals surface area contributed by atoms with Crippen LogP contribution in [0.3, 0.4) is 0 Å². The van der Waals surface area contributed by atoms with E-state index in [9.17, 15) is 18.4 Å². The lowest BCUT2D eigenvalue weighted by molar-refractivity contribution is -0.132. The quantitative estimate of drug-likeness (QED) is 0.526. The Morgan fingerprint density at radius 2 is 1.91 bits per heavy atom. The number of hydrogen-bond acceptors (Lipinski definition) is 7. The Balaban J connectivity index is 1.57. The molecule has 1 aliphatic rings. The molecule has 0 radical (unpaired) electrons. The van der Waals surface area contributed by atoms with E-state index in [1.165, 1.54) is 11.3 Å². The first-order chi connectivity index (χ1) is 16.2. The van der Waals surface area contributed by atoms with Crippen molar-refractivity contribution in [2.45, 2.75) is 52.1 Å². The van der Waals surface area contributed by atoms with Gasteiger partial charge < -0.3 is 15.5 Å². The first kappa shape index (κ1) is 24.0. The van der Waals surface area contributed by atoms with Crippen LogP contribution in [0, 0.1) is 5.92 Å². The predicted octanol–water partition coefficient (Wildman–Crippen LogP) is 3.30. The zero-order valence-electron chi connectivity index (χ0n) is 19.2. The van der Waals surface area contributed by atoms with Crippen LogP contribution in [-0.4, -0.2) is 67.9 Å². The molecule has 0 aliphatic carbocycles. The smallest absolute Gasteiger partial charge is 0.315 e. The van der Waals surface area contributed by atoms with E-state index in [0.29, 0.717) is 43.5 Å². The van der Waals surface area contributed by atoms with E-state index in [1.807, 2.05) is 18.5 Å². The maximum atomic E-state index is 13.3. The number of fused-ring (bicyclic) bond motifs is 1.